The molecule has 0 bridgehead atoms. The summed E-state index contributed by atoms with van der Waals surface area (Å²) in [6, 6.07) is 7.52. The molecule has 0 amide bonds. The van der Waals surface area contributed by atoms with Crippen molar-refractivity contribution in [3.05, 3.63) is 29.8 Å². The van der Waals surface area contributed by atoms with Crippen molar-refractivity contribution in [1.82, 2.24) is 5.32 Å². The third kappa shape index (κ3) is 5.68. The molecule has 0 radical (unpaired) electrons. The smallest absolute Gasteiger partial charge is 0.341 e. The zero-order valence-corrected chi connectivity index (χ0v) is 10.8. The van der Waals surface area contributed by atoms with Crippen LogP contribution in [0.2, 0.25) is 0 Å². The molecule has 0 saturated carbocycles. The zero-order valence-electron chi connectivity index (χ0n) is 10.8. The predicted molar refractivity (Wildman–Crippen MR) is 70.8 cm³/mol. The van der Waals surface area contributed by atoms with Gasteiger partial charge >= 0.3 is 5.97 Å². The Morgan fingerprint density at radius 3 is 2.83 bits per heavy atom. The van der Waals surface area contributed by atoms with Crippen LogP contribution < -0.4 is 10.1 Å². The summed E-state index contributed by atoms with van der Waals surface area (Å²) in [7, 11) is 0. The number of carboxylic acid groups (broad SMARTS) is 1. The van der Waals surface area contributed by atoms with Gasteiger partial charge in [0.25, 0.3) is 0 Å². The molecule has 0 aliphatic heterocycles. The third-order valence-corrected chi connectivity index (χ3v) is 2.60. The minimum Gasteiger partial charge on any atom is -0.482 e. The molecule has 0 saturated heterocycles. The number of hydrogen-bond donors (Lipinski definition) is 2. The number of rotatable bonds is 9. The van der Waals surface area contributed by atoms with Crippen molar-refractivity contribution >= 4 is 5.97 Å². The molecule has 18 heavy (non-hydrogen) atoms. The Balaban J connectivity index is 2.41. The molecule has 2 N–H and O–H groups in total. The molecule has 0 spiro atoms. The third-order valence-electron chi connectivity index (χ3n) is 2.60. The Morgan fingerprint density at radius 1 is 1.33 bits per heavy atom. The number of carbonyl (C=O) groups is 1. The van der Waals surface area contributed by atoms with E-state index in [1.165, 1.54) is 12.8 Å². The number of unbranched alkanes of at least 4 members (excludes halogenated alkanes) is 2. The van der Waals surface area contributed by atoms with Gasteiger partial charge in [-0.1, -0.05) is 38.0 Å². The first kappa shape index (κ1) is 14.5. The quantitative estimate of drug-likeness (QED) is 0.662. The minimum absolute atomic E-state index is 0.299. The second-order valence-electron chi connectivity index (χ2n) is 4.17. The Kier molecular flexibility index (Phi) is 6.87. The molecular weight excluding hydrogens is 230 g/mol. The van der Waals surface area contributed by atoms with E-state index in [0.717, 1.165) is 18.5 Å². The van der Waals surface area contributed by atoms with Gasteiger partial charge in [-0.25, -0.2) is 4.79 Å². The number of para-hydroxylation sites is 1. The summed E-state index contributed by atoms with van der Waals surface area (Å²) < 4.78 is 5.24. The summed E-state index contributed by atoms with van der Waals surface area (Å²) in [5.74, 6) is -0.316. The Hall–Kier alpha value is -1.55. The molecule has 0 unspecified atom stereocenters. The monoisotopic (exact) mass is 251 g/mol. The molecule has 100 valence electrons. The molecule has 4 heteroatoms. The Labute approximate surface area is 108 Å². The fraction of sp³-hybridized carbons (Fsp3) is 0.500. The highest BCUT2D eigenvalue weighted by atomic mass is 16.5. The molecule has 1 aromatic rings. The van der Waals surface area contributed by atoms with Gasteiger partial charge in [-0.05, 0) is 19.0 Å². The summed E-state index contributed by atoms with van der Waals surface area (Å²) in [6.45, 7) is 3.56. The Morgan fingerprint density at radius 2 is 2.11 bits per heavy atom. The van der Waals surface area contributed by atoms with Crippen molar-refractivity contribution in [1.29, 1.82) is 0 Å². The van der Waals surface area contributed by atoms with Gasteiger partial charge in [-0.2, -0.15) is 0 Å². The van der Waals surface area contributed by atoms with Crippen LogP contribution in [0.4, 0.5) is 0 Å². The summed E-state index contributed by atoms with van der Waals surface area (Å²) in [6.07, 6.45) is 3.60. The van der Waals surface area contributed by atoms with Crippen molar-refractivity contribution in [2.24, 2.45) is 0 Å². The van der Waals surface area contributed by atoms with Crippen LogP contribution in [-0.2, 0) is 11.3 Å². The van der Waals surface area contributed by atoms with E-state index in [1.54, 1.807) is 6.07 Å². The summed E-state index contributed by atoms with van der Waals surface area (Å²) >= 11 is 0. The fourth-order valence-electron chi connectivity index (χ4n) is 1.65. The fourth-order valence-corrected chi connectivity index (χ4v) is 1.65. The van der Waals surface area contributed by atoms with Gasteiger partial charge in [0.05, 0.1) is 0 Å². The van der Waals surface area contributed by atoms with E-state index in [-0.39, 0.29) is 6.61 Å². The van der Waals surface area contributed by atoms with Crippen LogP contribution in [-0.4, -0.2) is 24.2 Å². The normalized spacial score (nSPS) is 10.3. The SMILES string of the molecule is CCCCCNCc1ccccc1OCC(=O)O. The first-order valence-corrected chi connectivity index (χ1v) is 6.37. The van der Waals surface area contributed by atoms with Crippen molar-refractivity contribution in [3.63, 3.8) is 0 Å². The molecule has 0 fully saturated rings. The molecule has 0 aromatic heterocycles. The first-order valence-electron chi connectivity index (χ1n) is 6.37. The molecular formula is C14H21NO3. The molecule has 1 rings (SSSR count). The van der Waals surface area contributed by atoms with Crippen molar-refractivity contribution < 1.29 is 14.6 Å². The molecule has 1 aromatic carbocycles. The number of nitrogens with one attached hydrogen (secondary N) is 1. The maximum absolute atomic E-state index is 10.5. The first-order chi connectivity index (χ1) is 8.74. The van der Waals surface area contributed by atoms with Gasteiger partial charge in [0.1, 0.15) is 5.75 Å². The summed E-state index contributed by atoms with van der Waals surface area (Å²) in [5.41, 5.74) is 0.996. The van der Waals surface area contributed by atoms with E-state index in [2.05, 4.69) is 12.2 Å². The highest BCUT2D eigenvalue weighted by molar-refractivity contribution is 5.68. The largest absolute Gasteiger partial charge is 0.482 e. The van der Waals surface area contributed by atoms with Crippen molar-refractivity contribution in [2.75, 3.05) is 13.2 Å². The van der Waals surface area contributed by atoms with Crippen LogP contribution in [0, 0.1) is 0 Å². The number of aliphatic carboxylic acids is 1. The van der Waals surface area contributed by atoms with E-state index < -0.39 is 5.97 Å². The lowest BCUT2D eigenvalue weighted by atomic mass is 10.2. The summed E-state index contributed by atoms with van der Waals surface area (Å²) in [4.78, 5) is 10.5. The second-order valence-corrected chi connectivity index (χ2v) is 4.17. The number of carboxylic acids is 1. The van der Waals surface area contributed by atoms with E-state index in [1.807, 2.05) is 18.2 Å². The summed E-state index contributed by atoms with van der Waals surface area (Å²) in [5, 5.41) is 11.9. The van der Waals surface area contributed by atoms with Crippen LogP contribution in [0.1, 0.15) is 31.7 Å². The van der Waals surface area contributed by atoms with Crippen LogP contribution >= 0.6 is 0 Å². The topological polar surface area (TPSA) is 58.6 Å². The highest BCUT2D eigenvalue weighted by Gasteiger charge is 2.04. The maximum atomic E-state index is 10.5. The maximum Gasteiger partial charge on any atom is 0.341 e. The van der Waals surface area contributed by atoms with Gasteiger partial charge in [0, 0.05) is 12.1 Å². The number of ether oxygens (including phenoxy) is 1. The molecule has 0 aliphatic rings. The van der Waals surface area contributed by atoms with Crippen molar-refractivity contribution in [3.8, 4) is 5.75 Å². The lowest BCUT2D eigenvalue weighted by Crippen LogP contribution is -2.16. The average Bonchev–Trinajstić information content (AvgIpc) is 2.37. The van der Waals surface area contributed by atoms with Gasteiger partial charge in [-0.15, -0.1) is 0 Å². The van der Waals surface area contributed by atoms with Gasteiger partial charge in [0.15, 0.2) is 6.61 Å². The average molecular weight is 251 g/mol. The lowest BCUT2D eigenvalue weighted by Gasteiger charge is -2.10. The van der Waals surface area contributed by atoms with Gasteiger partial charge in [-0.3, -0.25) is 0 Å². The van der Waals surface area contributed by atoms with E-state index in [0.29, 0.717) is 12.3 Å². The predicted octanol–water partition coefficient (Wildman–Crippen LogP) is 2.43. The zero-order chi connectivity index (χ0) is 13.2. The second kappa shape index (κ2) is 8.53. The Bertz CT molecular complexity index is 366. The number of hydrogen-bond acceptors (Lipinski definition) is 3. The van der Waals surface area contributed by atoms with Crippen molar-refractivity contribution in [2.45, 2.75) is 32.7 Å². The van der Waals surface area contributed by atoms with Crippen LogP contribution in [0.3, 0.4) is 0 Å². The van der Waals surface area contributed by atoms with Crippen LogP contribution in [0.25, 0.3) is 0 Å². The van der Waals surface area contributed by atoms with E-state index in [9.17, 15) is 4.79 Å². The van der Waals surface area contributed by atoms with Gasteiger partial charge < -0.3 is 15.2 Å². The molecule has 0 aliphatic carbocycles. The molecule has 4 nitrogen and oxygen atoms in total. The molecule has 0 atom stereocenters. The highest BCUT2D eigenvalue weighted by Crippen LogP contribution is 2.17. The number of benzene rings is 1. The van der Waals surface area contributed by atoms with E-state index >= 15 is 0 Å². The molecule has 0 heterocycles. The van der Waals surface area contributed by atoms with E-state index in [4.69, 9.17) is 9.84 Å². The van der Waals surface area contributed by atoms with Gasteiger partial charge in [0.2, 0.25) is 0 Å². The lowest BCUT2D eigenvalue weighted by molar-refractivity contribution is -0.139. The standard InChI is InChI=1S/C14H21NO3/c1-2-3-6-9-15-10-12-7-4-5-8-13(12)18-11-14(16)17/h4-5,7-8,15H,2-3,6,9-11H2,1H3,(H,16,17). The van der Waals surface area contributed by atoms with Crippen LogP contribution in [0.5, 0.6) is 5.75 Å². The minimum atomic E-state index is -0.958. The van der Waals surface area contributed by atoms with Crippen LogP contribution in [0.15, 0.2) is 24.3 Å².